The maximum Gasteiger partial charge on any atom is 0.337 e. The van der Waals surface area contributed by atoms with Crippen molar-refractivity contribution in [3.8, 4) is 0 Å². The lowest BCUT2D eigenvalue weighted by molar-refractivity contribution is 0.0692. The summed E-state index contributed by atoms with van der Waals surface area (Å²) in [5.74, 6) is -1.15. The Morgan fingerprint density at radius 2 is 2.00 bits per heavy atom. The summed E-state index contributed by atoms with van der Waals surface area (Å²) in [4.78, 5) is 28.9. The van der Waals surface area contributed by atoms with Gasteiger partial charge in [0.05, 0.1) is 5.56 Å². The molecule has 1 saturated heterocycles. The smallest absolute Gasteiger partial charge is 0.337 e. The third kappa shape index (κ3) is 3.35. The number of nitrogens with zero attached hydrogens (tertiary/aromatic N) is 2. The van der Waals surface area contributed by atoms with Gasteiger partial charge in [-0.2, -0.15) is 0 Å². The topological polar surface area (TPSA) is 70.5 Å². The second kappa shape index (κ2) is 5.61. The van der Waals surface area contributed by atoms with Gasteiger partial charge in [0.25, 0.3) is 5.91 Å². The first-order valence-electron chi connectivity index (χ1n) is 6.88. The summed E-state index contributed by atoms with van der Waals surface area (Å²) in [7, 11) is 0. The molecule has 0 aromatic carbocycles. The molecule has 1 aliphatic heterocycles. The number of aromatic carboxylic acids is 1. The van der Waals surface area contributed by atoms with Crippen LogP contribution in [0, 0.1) is 5.41 Å². The fraction of sp³-hybridized carbons (Fsp3) is 0.533. The summed E-state index contributed by atoms with van der Waals surface area (Å²) in [5, 5.41) is 8.82. The molecule has 0 bridgehead atoms. The Hall–Kier alpha value is -1.91. The molecule has 0 radical (unpaired) electrons. The van der Waals surface area contributed by atoms with E-state index in [0.717, 1.165) is 32.4 Å². The highest BCUT2D eigenvalue weighted by Crippen LogP contribution is 2.30. The van der Waals surface area contributed by atoms with Gasteiger partial charge in [-0.15, -0.1) is 0 Å². The maximum absolute atomic E-state index is 12.4. The van der Waals surface area contributed by atoms with Gasteiger partial charge in [-0.05, 0) is 36.8 Å². The third-order valence-electron chi connectivity index (χ3n) is 3.86. The molecule has 0 spiro atoms. The lowest BCUT2D eigenvalue weighted by Gasteiger charge is -2.23. The summed E-state index contributed by atoms with van der Waals surface area (Å²) in [5.41, 5.74) is 0.684. The van der Waals surface area contributed by atoms with Crippen LogP contribution >= 0.6 is 0 Å². The van der Waals surface area contributed by atoms with Crippen molar-refractivity contribution in [3.63, 3.8) is 0 Å². The van der Waals surface area contributed by atoms with E-state index < -0.39 is 5.97 Å². The van der Waals surface area contributed by atoms with Gasteiger partial charge in [-0.1, -0.05) is 13.8 Å². The molecule has 2 rings (SSSR count). The van der Waals surface area contributed by atoms with Crippen molar-refractivity contribution in [1.29, 1.82) is 0 Å². The standard InChI is InChI=1S/C15H20N2O3/c1-15(2)6-3-8-17(9-7-15)13(18)12-5-4-11(10-16-12)14(19)20/h4-5,10H,3,6-9H2,1-2H3,(H,19,20). The first-order chi connectivity index (χ1) is 9.39. The number of aromatic nitrogens is 1. The molecule has 5 heteroatoms. The molecule has 1 aliphatic rings. The quantitative estimate of drug-likeness (QED) is 0.900. The minimum Gasteiger partial charge on any atom is -0.478 e. The van der Waals surface area contributed by atoms with Crippen LogP contribution < -0.4 is 0 Å². The Labute approximate surface area is 118 Å². The Bertz CT molecular complexity index is 508. The van der Waals surface area contributed by atoms with Crippen LogP contribution in [0.3, 0.4) is 0 Å². The van der Waals surface area contributed by atoms with Crippen LogP contribution in [0.2, 0.25) is 0 Å². The second-order valence-corrected chi connectivity index (χ2v) is 6.05. The lowest BCUT2D eigenvalue weighted by atomic mass is 9.85. The van der Waals surface area contributed by atoms with Crippen LogP contribution in [0.5, 0.6) is 0 Å². The molecular weight excluding hydrogens is 256 g/mol. The number of likely N-dealkylation sites (tertiary alicyclic amines) is 1. The van der Waals surface area contributed by atoms with Gasteiger partial charge >= 0.3 is 5.97 Å². The summed E-state index contributed by atoms with van der Waals surface area (Å²) < 4.78 is 0. The fourth-order valence-corrected chi connectivity index (χ4v) is 2.43. The number of carboxylic acid groups (broad SMARTS) is 1. The van der Waals surface area contributed by atoms with Crippen LogP contribution in [0.15, 0.2) is 18.3 Å². The highest BCUT2D eigenvalue weighted by Gasteiger charge is 2.26. The molecule has 0 unspecified atom stereocenters. The van der Waals surface area contributed by atoms with Crippen molar-refractivity contribution in [1.82, 2.24) is 9.88 Å². The maximum atomic E-state index is 12.4. The molecule has 1 aromatic rings. The fourth-order valence-electron chi connectivity index (χ4n) is 2.43. The normalized spacial score (nSPS) is 18.4. The van der Waals surface area contributed by atoms with Crippen LogP contribution in [-0.4, -0.2) is 40.0 Å². The van der Waals surface area contributed by atoms with Crippen molar-refractivity contribution < 1.29 is 14.7 Å². The predicted molar refractivity (Wildman–Crippen MR) is 74.7 cm³/mol. The van der Waals surface area contributed by atoms with Crippen molar-refractivity contribution >= 4 is 11.9 Å². The average Bonchev–Trinajstić information content (AvgIpc) is 2.59. The summed E-state index contributed by atoms with van der Waals surface area (Å²) in [6.45, 7) is 5.92. The predicted octanol–water partition coefficient (Wildman–Crippen LogP) is 2.43. The third-order valence-corrected chi connectivity index (χ3v) is 3.86. The zero-order valence-corrected chi connectivity index (χ0v) is 11.9. The molecular formula is C15H20N2O3. The van der Waals surface area contributed by atoms with E-state index in [1.807, 2.05) is 4.90 Å². The van der Waals surface area contributed by atoms with Crippen LogP contribution in [0.1, 0.15) is 54.0 Å². The number of amides is 1. The molecule has 20 heavy (non-hydrogen) atoms. The van der Waals surface area contributed by atoms with E-state index in [-0.39, 0.29) is 16.9 Å². The van der Waals surface area contributed by atoms with E-state index in [4.69, 9.17) is 5.11 Å². The van der Waals surface area contributed by atoms with Gasteiger partial charge in [-0.3, -0.25) is 9.78 Å². The number of hydrogen-bond acceptors (Lipinski definition) is 3. The summed E-state index contributed by atoms with van der Waals surface area (Å²) in [6.07, 6.45) is 4.32. The first-order valence-corrected chi connectivity index (χ1v) is 6.88. The van der Waals surface area contributed by atoms with Gasteiger partial charge in [0.15, 0.2) is 0 Å². The monoisotopic (exact) mass is 276 g/mol. The first kappa shape index (κ1) is 14.5. The molecule has 1 N–H and O–H groups in total. The average molecular weight is 276 g/mol. The largest absolute Gasteiger partial charge is 0.478 e. The van der Waals surface area contributed by atoms with E-state index in [1.165, 1.54) is 18.3 Å². The Morgan fingerprint density at radius 1 is 1.25 bits per heavy atom. The van der Waals surface area contributed by atoms with Gasteiger partial charge in [0, 0.05) is 19.3 Å². The molecule has 1 amide bonds. The number of rotatable bonds is 2. The van der Waals surface area contributed by atoms with Gasteiger partial charge in [0.1, 0.15) is 5.69 Å². The van der Waals surface area contributed by atoms with Crippen LogP contribution in [0.4, 0.5) is 0 Å². The van der Waals surface area contributed by atoms with E-state index in [0.29, 0.717) is 5.69 Å². The van der Waals surface area contributed by atoms with E-state index in [1.54, 1.807) is 0 Å². The van der Waals surface area contributed by atoms with E-state index in [2.05, 4.69) is 18.8 Å². The number of pyridine rings is 1. The molecule has 2 heterocycles. The van der Waals surface area contributed by atoms with Gasteiger partial charge in [0.2, 0.25) is 0 Å². The minimum atomic E-state index is -1.03. The van der Waals surface area contributed by atoms with E-state index >= 15 is 0 Å². The molecule has 0 saturated carbocycles. The van der Waals surface area contributed by atoms with Crippen molar-refractivity contribution in [2.75, 3.05) is 13.1 Å². The highest BCUT2D eigenvalue weighted by atomic mass is 16.4. The Morgan fingerprint density at radius 3 is 2.60 bits per heavy atom. The van der Waals surface area contributed by atoms with Gasteiger partial charge in [-0.25, -0.2) is 4.79 Å². The summed E-state index contributed by atoms with van der Waals surface area (Å²) >= 11 is 0. The molecule has 0 aliphatic carbocycles. The Kier molecular flexibility index (Phi) is 4.06. The zero-order chi connectivity index (χ0) is 14.8. The molecule has 5 nitrogen and oxygen atoms in total. The Balaban J connectivity index is 2.09. The number of hydrogen-bond donors (Lipinski definition) is 1. The SMILES string of the molecule is CC1(C)CCCN(C(=O)c2ccc(C(=O)O)cn2)CC1. The van der Waals surface area contributed by atoms with Crippen LogP contribution in [0.25, 0.3) is 0 Å². The molecule has 108 valence electrons. The van der Waals surface area contributed by atoms with Gasteiger partial charge < -0.3 is 10.0 Å². The second-order valence-electron chi connectivity index (χ2n) is 6.05. The summed E-state index contributed by atoms with van der Waals surface area (Å²) in [6, 6.07) is 2.91. The highest BCUT2D eigenvalue weighted by molar-refractivity contribution is 5.93. The van der Waals surface area contributed by atoms with Crippen LogP contribution in [-0.2, 0) is 0 Å². The van der Waals surface area contributed by atoms with E-state index in [9.17, 15) is 9.59 Å². The molecule has 1 aromatic heterocycles. The van der Waals surface area contributed by atoms with Crippen molar-refractivity contribution in [2.45, 2.75) is 33.1 Å². The molecule has 0 atom stereocenters. The van der Waals surface area contributed by atoms with Crippen molar-refractivity contribution in [3.05, 3.63) is 29.6 Å². The lowest BCUT2D eigenvalue weighted by Crippen LogP contribution is -2.33. The number of carbonyl (C=O) groups excluding carboxylic acids is 1. The minimum absolute atomic E-state index is 0.0959. The number of carboxylic acids is 1. The number of carbonyl (C=O) groups is 2. The zero-order valence-electron chi connectivity index (χ0n) is 11.9. The molecule has 1 fully saturated rings. The van der Waals surface area contributed by atoms with Crippen molar-refractivity contribution in [2.24, 2.45) is 5.41 Å².